The summed E-state index contributed by atoms with van der Waals surface area (Å²) in [5.41, 5.74) is 3.80. The first kappa shape index (κ1) is 22.6. The van der Waals surface area contributed by atoms with E-state index in [-0.39, 0.29) is 17.2 Å². The quantitative estimate of drug-likeness (QED) is 0.286. The fraction of sp³-hybridized carbons (Fsp3) is 0.222. The Morgan fingerprint density at radius 1 is 1.14 bits per heavy atom. The average molecular weight is 472 g/mol. The van der Waals surface area contributed by atoms with Crippen molar-refractivity contribution in [2.45, 2.75) is 19.9 Å². The molecule has 0 atom stereocenters. The fourth-order valence-electron chi connectivity index (χ4n) is 4.51. The molecule has 0 bridgehead atoms. The van der Waals surface area contributed by atoms with Crippen LogP contribution in [0.4, 0.5) is 5.69 Å². The number of para-hydroxylation sites is 1. The van der Waals surface area contributed by atoms with Gasteiger partial charge in [0.05, 0.1) is 17.6 Å². The first-order chi connectivity index (χ1) is 16.9. The zero-order valence-electron chi connectivity index (χ0n) is 19.4. The molecule has 0 aromatic heterocycles. The Kier molecular flexibility index (Phi) is 5.96. The molecule has 0 saturated heterocycles. The van der Waals surface area contributed by atoms with Crippen molar-refractivity contribution in [3.8, 4) is 17.2 Å². The fourth-order valence-corrected chi connectivity index (χ4v) is 4.51. The summed E-state index contributed by atoms with van der Waals surface area (Å²) in [5, 5.41) is 11.1. The van der Waals surface area contributed by atoms with Crippen LogP contribution in [0.1, 0.15) is 32.6 Å². The van der Waals surface area contributed by atoms with Gasteiger partial charge in [0.15, 0.2) is 5.76 Å². The van der Waals surface area contributed by atoms with Gasteiger partial charge in [-0.2, -0.15) is 0 Å². The van der Waals surface area contributed by atoms with Gasteiger partial charge >= 0.3 is 0 Å². The smallest absolute Gasteiger partial charge is 0.270 e. The molecule has 0 fully saturated rings. The molecule has 8 heteroatoms. The van der Waals surface area contributed by atoms with E-state index in [4.69, 9.17) is 14.2 Å². The van der Waals surface area contributed by atoms with E-state index in [2.05, 4.69) is 11.0 Å². The van der Waals surface area contributed by atoms with Crippen LogP contribution >= 0.6 is 0 Å². The topological polar surface area (TPSA) is 91.1 Å². The van der Waals surface area contributed by atoms with Gasteiger partial charge in [-0.3, -0.25) is 19.8 Å². The van der Waals surface area contributed by atoms with E-state index >= 15 is 0 Å². The molecule has 35 heavy (non-hydrogen) atoms. The van der Waals surface area contributed by atoms with Gasteiger partial charge in [-0.25, -0.2) is 0 Å². The summed E-state index contributed by atoms with van der Waals surface area (Å²) in [4.78, 5) is 25.9. The minimum Gasteiger partial charge on any atom is -0.496 e. The number of carbonyl (C=O) groups is 1. The van der Waals surface area contributed by atoms with Crippen molar-refractivity contribution in [3.05, 3.63) is 98.3 Å². The number of nitrogens with zero attached hydrogens (tertiary/aromatic N) is 2. The Balaban J connectivity index is 1.36. The summed E-state index contributed by atoms with van der Waals surface area (Å²) in [7, 11) is 1.67. The average Bonchev–Trinajstić information content (AvgIpc) is 3.18. The molecule has 0 amide bonds. The number of Topliss-reactive ketones (excluding diaryl/α,β-unsaturated/α-hetero) is 1. The number of rotatable bonds is 6. The van der Waals surface area contributed by atoms with Crippen molar-refractivity contribution in [2.75, 3.05) is 20.4 Å². The summed E-state index contributed by atoms with van der Waals surface area (Å²) >= 11 is 0. The van der Waals surface area contributed by atoms with Crippen LogP contribution in [0.2, 0.25) is 0 Å². The Morgan fingerprint density at radius 3 is 2.77 bits per heavy atom. The maximum Gasteiger partial charge on any atom is 0.270 e. The van der Waals surface area contributed by atoms with E-state index < -0.39 is 4.92 Å². The largest absolute Gasteiger partial charge is 0.496 e. The Morgan fingerprint density at radius 2 is 1.97 bits per heavy atom. The van der Waals surface area contributed by atoms with Crippen LogP contribution in [0.25, 0.3) is 6.08 Å². The first-order valence-corrected chi connectivity index (χ1v) is 11.3. The highest BCUT2D eigenvalue weighted by atomic mass is 16.6. The molecule has 5 rings (SSSR count). The molecular formula is C27H24N2O6. The highest BCUT2D eigenvalue weighted by Gasteiger charge is 2.33. The van der Waals surface area contributed by atoms with Crippen molar-refractivity contribution < 1.29 is 23.9 Å². The Labute approximate surface area is 202 Å². The molecule has 0 unspecified atom stereocenters. The van der Waals surface area contributed by atoms with Crippen molar-refractivity contribution in [1.29, 1.82) is 0 Å². The Bertz CT molecular complexity index is 1360. The van der Waals surface area contributed by atoms with Crippen molar-refractivity contribution in [3.63, 3.8) is 0 Å². The van der Waals surface area contributed by atoms with Gasteiger partial charge in [0.1, 0.15) is 24.0 Å². The molecule has 3 aromatic carbocycles. The van der Waals surface area contributed by atoms with Crippen molar-refractivity contribution >= 4 is 17.5 Å². The molecular weight excluding hydrogens is 448 g/mol. The monoisotopic (exact) mass is 472 g/mol. The predicted molar refractivity (Wildman–Crippen MR) is 130 cm³/mol. The third-order valence-electron chi connectivity index (χ3n) is 6.27. The van der Waals surface area contributed by atoms with Crippen LogP contribution < -0.4 is 14.2 Å². The predicted octanol–water partition coefficient (Wildman–Crippen LogP) is 4.92. The van der Waals surface area contributed by atoms with Gasteiger partial charge < -0.3 is 14.2 Å². The van der Waals surface area contributed by atoms with E-state index in [9.17, 15) is 14.9 Å². The summed E-state index contributed by atoms with van der Waals surface area (Å²) in [6.07, 6.45) is 2.35. The molecule has 3 aromatic rings. The standard InChI is InChI=1S/C27H24N2O6/c1-17-26-20(15-28(16-34-26)11-10-19-7-3-4-9-23(19)33-2)14-22-25(30)24(35-27(17)22)13-18-6-5-8-21(12-18)29(31)32/h3-9,12-14H,10-11,15-16H2,1-2H3/b24-13-. The molecule has 0 radical (unpaired) electrons. The van der Waals surface area contributed by atoms with Crippen LogP contribution in [0.15, 0.2) is 60.4 Å². The van der Waals surface area contributed by atoms with Crippen LogP contribution in [-0.2, 0) is 13.0 Å². The number of nitro benzene ring substituents is 1. The molecule has 2 aliphatic heterocycles. The molecule has 0 saturated carbocycles. The highest BCUT2D eigenvalue weighted by molar-refractivity contribution is 6.15. The number of carbonyl (C=O) groups excluding carboxylic acids is 1. The minimum absolute atomic E-state index is 0.0458. The number of hydrogen-bond acceptors (Lipinski definition) is 7. The van der Waals surface area contributed by atoms with Gasteiger partial charge in [-0.15, -0.1) is 0 Å². The lowest BCUT2D eigenvalue weighted by atomic mass is 9.99. The number of non-ortho nitro benzene ring substituents is 1. The zero-order chi connectivity index (χ0) is 24.5. The van der Waals surface area contributed by atoms with Gasteiger partial charge in [0, 0.05) is 36.3 Å². The number of methoxy groups -OCH3 is 1. The highest BCUT2D eigenvalue weighted by Crippen LogP contribution is 2.43. The number of ketones is 1. The van der Waals surface area contributed by atoms with Crippen LogP contribution in [0.5, 0.6) is 17.2 Å². The lowest BCUT2D eigenvalue weighted by Gasteiger charge is -2.30. The second-order valence-corrected chi connectivity index (χ2v) is 8.55. The number of hydrogen-bond donors (Lipinski definition) is 0. The summed E-state index contributed by atoms with van der Waals surface area (Å²) in [6.45, 7) is 3.74. The number of fused-ring (bicyclic) bond motifs is 2. The van der Waals surface area contributed by atoms with Gasteiger partial charge in [0.25, 0.3) is 5.69 Å². The maximum absolute atomic E-state index is 13.1. The van der Waals surface area contributed by atoms with Gasteiger partial charge in [-0.1, -0.05) is 30.3 Å². The second-order valence-electron chi connectivity index (χ2n) is 8.55. The zero-order valence-corrected chi connectivity index (χ0v) is 19.4. The van der Waals surface area contributed by atoms with Crippen molar-refractivity contribution in [1.82, 2.24) is 4.90 Å². The maximum atomic E-state index is 13.1. The van der Waals surface area contributed by atoms with E-state index in [1.54, 1.807) is 19.2 Å². The SMILES string of the molecule is COc1ccccc1CCN1COc2c(cc3c(c2C)O/C(=C\c2cccc([N+](=O)[O-])c2)C3=O)C1. The number of ether oxygens (including phenoxy) is 3. The van der Waals surface area contributed by atoms with Crippen molar-refractivity contribution in [2.24, 2.45) is 0 Å². The van der Waals surface area contributed by atoms with E-state index in [1.807, 2.05) is 31.2 Å². The van der Waals surface area contributed by atoms with Crippen LogP contribution in [-0.4, -0.2) is 36.0 Å². The molecule has 2 heterocycles. The van der Waals surface area contributed by atoms with Gasteiger partial charge in [0.2, 0.25) is 5.78 Å². The normalized spacial score (nSPS) is 15.8. The van der Waals surface area contributed by atoms with E-state index in [1.165, 1.54) is 18.2 Å². The van der Waals surface area contributed by atoms with E-state index in [0.29, 0.717) is 30.2 Å². The van der Waals surface area contributed by atoms with Gasteiger partial charge in [-0.05, 0) is 42.7 Å². The summed E-state index contributed by atoms with van der Waals surface area (Å²) < 4.78 is 17.4. The lowest BCUT2D eigenvalue weighted by Crippen LogP contribution is -2.34. The molecule has 2 aliphatic rings. The summed E-state index contributed by atoms with van der Waals surface area (Å²) in [6, 6.07) is 15.9. The third kappa shape index (κ3) is 4.36. The molecule has 178 valence electrons. The van der Waals surface area contributed by atoms with E-state index in [0.717, 1.165) is 41.2 Å². The molecule has 0 N–H and O–H groups in total. The molecule has 0 aliphatic carbocycles. The van der Waals surface area contributed by atoms with Crippen LogP contribution in [0, 0.1) is 17.0 Å². The number of allylic oxidation sites excluding steroid dienone is 1. The number of benzene rings is 3. The third-order valence-corrected chi connectivity index (χ3v) is 6.27. The number of nitro groups is 1. The first-order valence-electron chi connectivity index (χ1n) is 11.3. The van der Waals surface area contributed by atoms with Crippen LogP contribution in [0.3, 0.4) is 0 Å². The second kappa shape index (κ2) is 9.23. The Hall–Kier alpha value is -4.17. The molecule has 0 spiro atoms. The minimum atomic E-state index is -0.469. The summed E-state index contributed by atoms with van der Waals surface area (Å²) in [5.74, 6) is 1.97. The molecule has 8 nitrogen and oxygen atoms in total. The lowest BCUT2D eigenvalue weighted by molar-refractivity contribution is -0.384.